The molecule has 1 aliphatic heterocycles. The molecule has 2 rings (SSSR count). The highest BCUT2D eigenvalue weighted by atomic mass is 19.1. The zero-order chi connectivity index (χ0) is 9.59. The van der Waals surface area contributed by atoms with Gasteiger partial charge in [0.15, 0.2) is 0 Å². The van der Waals surface area contributed by atoms with Crippen LogP contribution in [-0.2, 0) is 4.79 Å². The number of ketones is 1. The molecule has 66 valence electrons. The number of hydrogen-bond donors (Lipinski definition) is 0. The van der Waals surface area contributed by atoms with E-state index < -0.39 is 17.6 Å². The van der Waals surface area contributed by atoms with E-state index >= 15 is 0 Å². The number of halogens is 1. The Kier molecular flexibility index (Phi) is 1.45. The van der Waals surface area contributed by atoms with Crippen LogP contribution in [0.25, 0.3) is 0 Å². The standard InChI is InChI=1S/C9H5FO3/c1-4-2-3-5(10)6-7(11)9(12)13-8(4)6/h2-3H,1H3. The van der Waals surface area contributed by atoms with Crippen LogP contribution in [0.3, 0.4) is 0 Å². The molecule has 0 amide bonds. The third-order valence-electron chi connectivity index (χ3n) is 1.91. The fourth-order valence-corrected chi connectivity index (χ4v) is 1.25. The van der Waals surface area contributed by atoms with Crippen molar-refractivity contribution >= 4 is 11.8 Å². The number of benzene rings is 1. The van der Waals surface area contributed by atoms with Gasteiger partial charge in [0.05, 0.1) is 0 Å². The van der Waals surface area contributed by atoms with Crippen molar-refractivity contribution in [1.29, 1.82) is 0 Å². The molecular formula is C9H5FO3. The maximum absolute atomic E-state index is 13.0. The molecule has 0 N–H and O–H groups in total. The number of fused-ring (bicyclic) bond motifs is 1. The first-order chi connectivity index (χ1) is 6.11. The van der Waals surface area contributed by atoms with Crippen molar-refractivity contribution in [2.45, 2.75) is 6.92 Å². The fraction of sp³-hybridized carbons (Fsp3) is 0.111. The molecule has 0 fully saturated rings. The van der Waals surface area contributed by atoms with Crippen molar-refractivity contribution in [3.8, 4) is 5.75 Å². The van der Waals surface area contributed by atoms with E-state index in [1.165, 1.54) is 6.07 Å². The molecular weight excluding hydrogens is 175 g/mol. The molecule has 1 heterocycles. The van der Waals surface area contributed by atoms with Crippen LogP contribution in [0, 0.1) is 12.7 Å². The largest absolute Gasteiger partial charge is 0.419 e. The first-order valence-electron chi connectivity index (χ1n) is 3.67. The molecule has 0 unspecified atom stereocenters. The molecule has 13 heavy (non-hydrogen) atoms. The summed E-state index contributed by atoms with van der Waals surface area (Å²) in [6.07, 6.45) is 0. The topological polar surface area (TPSA) is 43.4 Å². The summed E-state index contributed by atoms with van der Waals surface area (Å²) in [5.41, 5.74) is 0.334. The molecule has 1 aromatic carbocycles. The predicted molar refractivity (Wildman–Crippen MR) is 41.1 cm³/mol. The number of hydrogen-bond acceptors (Lipinski definition) is 3. The molecule has 0 atom stereocenters. The second kappa shape index (κ2) is 2.39. The first kappa shape index (κ1) is 7.91. The van der Waals surface area contributed by atoms with E-state index in [4.69, 9.17) is 0 Å². The van der Waals surface area contributed by atoms with E-state index in [1.54, 1.807) is 6.92 Å². The summed E-state index contributed by atoms with van der Waals surface area (Å²) in [6.45, 7) is 1.64. The zero-order valence-electron chi connectivity index (χ0n) is 6.76. The minimum atomic E-state index is -1.01. The summed E-state index contributed by atoms with van der Waals surface area (Å²) < 4.78 is 17.6. The van der Waals surface area contributed by atoms with E-state index in [9.17, 15) is 14.0 Å². The lowest BCUT2D eigenvalue weighted by molar-refractivity contribution is -0.128. The Morgan fingerprint density at radius 3 is 2.62 bits per heavy atom. The molecule has 0 spiro atoms. The number of aryl methyl sites for hydroxylation is 1. The number of carbonyl (C=O) groups is 2. The molecule has 0 aliphatic carbocycles. The van der Waals surface area contributed by atoms with E-state index in [2.05, 4.69) is 4.74 Å². The third-order valence-corrected chi connectivity index (χ3v) is 1.91. The van der Waals surface area contributed by atoms with Gasteiger partial charge in [-0.25, -0.2) is 9.18 Å². The van der Waals surface area contributed by atoms with Crippen LogP contribution in [0.15, 0.2) is 12.1 Å². The second-order valence-electron chi connectivity index (χ2n) is 2.79. The molecule has 0 bridgehead atoms. The first-order valence-corrected chi connectivity index (χ1v) is 3.67. The van der Waals surface area contributed by atoms with Gasteiger partial charge in [0.2, 0.25) is 0 Å². The quantitative estimate of drug-likeness (QED) is 0.342. The van der Waals surface area contributed by atoms with Crippen LogP contribution in [0.5, 0.6) is 5.75 Å². The maximum atomic E-state index is 13.0. The van der Waals surface area contributed by atoms with Gasteiger partial charge in [-0.3, -0.25) is 4.79 Å². The van der Waals surface area contributed by atoms with Crippen molar-refractivity contribution in [3.63, 3.8) is 0 Å². The van der Waals surface area contributed by atoms with Crippen molar-refractivity contribution in [1.82, 2.24) is 0 Å². The third kappa shape index (κ3) is 0.950. The summed E-state index contributed by atoms with van der Waals surface area (Å²) >= 11 is 0. The van der Waals surface area contributed by atoms with Crippen molar-refractivity contribution < 1.29 is 18.7 Å². The average Bonchev–Trinajstić information content (AvgIpc) is 2.38. The van der Waals surface area contributed by atoms with Crippen LogP contribution in [0.1, 0.15) is 15.9 Å². The number of esters is 1. The smallest absolute Gasteiger partial charge is 0.385 e. The number of Topliss-reactive ketones (excluding diaryl/α,β-unsaturated/α-hetero) is 1. The maximum Gasteiger partial charge on any atom is 0.385 e. The van der Waals surface area contributed by atoms with Gasteiger partial charge in [0.1, 0.15) is 17.1 Å². The molecule has 0 aromatic heterocycles. The van der Waals surface area contributed by atoms with Gasteiger partial charge in [-0.15, -0.1) is 0 Å². The van der Waals surface area contributed by atoms with Crippen LogP contribution >= 0.6 is 0 Å². The lowest BCUT2D eigenvalue weighted by Gasteiger charge is -1.99. The normalized spacial score (nSPS) is 14.3. The van der Waals surface area contributed by atoms with Gasteiger partial charge >= 0.3 is 5.97 Å². The Labute approximate surface area is 73.1 Å². The highest BCUT2D eigenvalue weighted by molar-refractivity contribution is 6.44. The van der Waals surface area contributed by atoms with Crippen molar-refractivity contribution in [3.05, 3.63) is 29.1 Å². The Morgan fingerprint density at radius 2 is 2.00 bits per heavy atom. The summed E-state index contributed by atoms with van der Waals surface area (Å²) in [5.74, 6) is -2.58. The van der Waals surface area contributed by atoms with E-state index in [0.717, 1.165) is 6.07 Å². The Balaban J connectivity index is 2.75. The minimum absolute atomic E-state index is 0.0509. The van der Waals surface area contributed by atoms with Gasteiger partial charge in [-0.1, -0.05) is 6.07 Å². The highest BCUT2D eigenvalue weighted by Crippen LogP contribution is 2.31. The lowest BCUT2D eigenvalue weighted by Crippen LogP contribution is -2.11. The van der Waals surface area contributed by atoms with Gasteiger partial charge in [0, 0.05) is 0 Å². The second-order valence-corrected chi connectivity index (χ2v) is 2.79. The summed E-state index contributed by atoms with van der Waals surface area (Å²) in [4.78, 5) is 21.9. The van der Waals surface area contributed by atoms with Crippen LogP contribution < -0.4 is 4.74 Å². The van der Waals surface area contributed by atoms with E-state index in [1.807, 2.05) is 0 Å². The molecule has 1 aliphatic rings. The van der Waals surface area contributed by atoms with E-state index in [0.29, 0.717) is 5.56 Å². The van der Waals surface area contributed by atoms with Gasteiger partial charge in [0.25, 0.3) is 5.78 Å². The molecule has 0 radical (unpaired) electrons. The Bertz CT molecular complexity index is 423. The van der Waals surface area contributed by atoms with Crippen LogP contribution in [-0.4, -0.2) is 11.8 Å². The highest BCUT2D eigenvalue weighted by Gasteiger charge is 2.34. The Hall–Kier alpha value is -1.71. The minimum Gasteiger partial charge on any atom is -0.419 e. The predicted octanol–water partition coefficient (Wildman–Crippen LogP) is 1.24. The summed E-state index contributed by atoms with van der Waals surface area (Å²) in [7, 11) is 0. The van der Waals surface area contributed by atoms with Gasteiger partial charge in [-0.05, 0) is 18.6 Å². The monoisotopic (exact) mass is 180 g/mol. The van der Waals surface area contributed by atoms with Crippen LogP contribution in [0.2, 0.25) is 0 Å². The molecule has 1 aromatic rings. The lowest BCUT2D eigenvalue weighted by atomic mass is 10.1. The molecule has 0 saturated carbocycles. The van der Waals surface area contributed by atoms with Crippen molar-refractivity contribution in [2.24, 2.45) is 0 Å². The Morgan fingerprint density at radius 1 is 1.31 bits per heavy atom. The number of ether oxygens (including phenoxy) is 1. The molecule has 3 nitrogen and oxygen atoms in total. The number of rotatable bonds is 0. The zero-order valence-corrected chi connectivity index (χ0v) is 6.76. The summed E-state index contributed by atoms with van der Waals surface area (Å²) in [6, 6.07) is 2.61. The van der Waals surface area contributed by atoms with Gasteiger partial charge in [-0.2, -0.15) is 0 Å². The number of carbonyl (C=O) groups excluding carboxylic acids is 2. The van der Waals surface area contributed by atoms with Crippen LogP contribution in [0.4, 0.5) is 4.39 Å². The summed E-state index contributed by atoms with van der Waals surface area (Å²) in [5, 5.41) is 0. The molecule has 4 heteroatoms. The van der Waals surface area contributed by atoms with Gasteiger partial charge < -0.3 is 4.74 Å². The SMILES string of the molecule is Cc1ccc(F)c2c1OC(=O)C2=O. The average molecular weight is 180 g/mol. The molecule has 0 saturated heterocycles. The fourth-order valence-electron chi connectivity index (χ4n) is 1.25. The van der Waals surface area contributed by atoms with E-state index in [-0.39, 0.29) is 11.3 Å². The van der Waals surface area contributed by atoms with Crippen molar-refractivity contribution in [2.75, 3.05) is 0 Å².